The van der Waals surface area contributed by atoms with Gasteiger partial charge in [0.05, 0.1) is 5.41 Å². The molecule has 152 valence electrons. The van der Waals surface area contributed by atoms with E-state index in [9.17, 15) is 14.4 Å². The van der Waals surface area contributed by atoms with Crippen LogP contribution in [0.25, 0.3) is 0 Å². The molecule has 3 N–H and O–H groups in total. The SMILES string of the molecule is Cc1ccccc1C1(C(=O)Nc2ccc(C(=O)NCC(=O)O)cc2)CCCCC1. The summed E-state index contributed by atoms with van der Waals surface area (Å²) in [5, 5.41) is 14.0. The summed E-state index contributed by atoms with van der Waals surface area (Å²) in [4.78, 5) is 35.9. The fraction of sp³-hybridized carbons (Fsp3) is 0.348. The first-order valence-corrected chi connectivity index (χ1v) is 9.90. The van der Waals surface area contributed by atoms with Crippen LogP contribution in [-0.2, 0) is 15.0 Å². The van der Waals surface area contributed by atoms with Gasteiger partial charge in [-0.05, 0) is 55.2 Å². The Morgan fingerprint density at radius 3 is 2.24 bits per heavy atom. The molecule has 1 aliphatic carbocycles. The molecule has 0 saturated heterocycles. The number of carbonyl (C=O) groups excluding carboxylic acids is 2. The van der Waals surface area contributed by atoms with Gasteiger partial charge in [-0.25, -0.2) is 0 Å². The monoisotopic (exact) mass is 394 g/mol. The van der Waals surface area contributed by atoms with E-state index in [1.54, 1.807) is 24.3 Å². The van der Waals surface area contributed by atoms with Gasteiger partial charge in [0.1, 0.15) is 6.54 Å². The maximum Gasteiger partial charge on any atom is 0.322 e. The lowest BCUT2D eigenvalue weighted by Gasteiger charge is -2.37. The molecule has 0 spiro atoms. The Morgan fingerprint density at radius 1 is 0.966 bits per heavy atom. The largest absolute Gasteiger partial charge is 0.480 e. The van der Waals surface area contributed by atoms with E-state index >= 15 is 0 Å². The van der Waals surface area contributed by atoms with Crippen LogP contribution < -0.4 is 10.6 Å². The number of benzene rings is 2. The molecule has 0 aliphatic heterocycles. The highest BCUT2D eigenvalue weighted by atomic mass is 16.4. The standard InChI is InChI=1S/C23H26N2O4/c1-16-7-3-4-8-19(16)23(13-5-2-6-14-23)22(29)25-18-11-9-17(10-12-18)21(28)24-15-20(26)27/h3-4,7-12H,2,5-6,13-15H2,1H3,(H,24,28)(H,25,29)(H,26,27). The van der Waals surface area contributed by atoms with Crippen molar-refractivity contribution in [2.45, 2.75) is 44.4 Å². The molecule has 0 bridgehead atoms. The number of aryl methyl sites for hydroxylation is 1. The van der Waals surface area contributed by atoms with Gasteiger partial charge in [0, 0.05) is 11.3 Å². The lowest BCUT2D eigenvalue weighted by molar-refractivity contribution is -0.135. The molecule has 0 atom stereocenters. The van der Waals surface area contributed by atoms with E-state index in [1.165, 1.54) is 0 Å². The lowest BCUT2D eigenvalue weighted by Crippen LogP contribution is -2.42. The Kier molecular flexibility index (Phi) is 6.32. The molecule has 1 fully saturated rings. The van der Waals surface area contributed by atoms with Crippen LogP contribution in [0, 0.1) is 6.92 Å². The van der Waals surface area contributed by atoms with E-state index in [4.69, 9.17) is 5.11 Å². The van der Waals surface area contributed by atoms with Crippen molar-refractivity contribution in [2.75, 3.05) is 11.9 Å². The van der Waals surface area contributed by atoms with Gasteiger partial charge in [0.25, 0.3) is 5.91 Å². The Labute approximate surface area is 170 Å². The molecule has 3 rings (SSSR count). The van der Waals surface area contributed by atoms with Crippen molar-refractivity contribution in [2.24, 2.45) is 0 Å². The smallest absolute Gasteiger partial charge is 0.322 e. The Hall–Kier alpha value is -3.15. The van der Waals surface area contributed by atoms with Crippen molar-refractivity contribution in [1.29, 1.82) is 0 Å². The van der Waals surface area contributed by atoms with Gasteiger partial charge in [-0.2, -0.15) is 0 Å². The van der Waals surface area contributed by atoms with Crippen molar-refractivity contribution in [1.82, 2.24) is 5.32 Å². The molecule has 1 saturated carbocycles. The first kappa shape index (κ1) is 20.6. The number of anilines is 1. The zero-order valence-electron chi connectivity index (χ0n) is 16.5. The van der Waals surface area contributed by atoms with Crippen LogP contribution in [0.15, 0.2) is 48.5 Å². The number of aliphatic carboxylic acids is 1. The number of rotatable bonds is 6. The van der Waals surface area contributed by atoms with Crippen LogP contribution >= 0.6 is 0 Å². The summed E-state index contributed by atoms with van der Waals surface area (Å²) in [6.07, 6.45) is 4.81. The summed E-state index contributed by atoms with van der Waals surface area (Å²) < 4.78 is 0. The molecule has 0 aromatic heterocycles. The van der Waals surface area contributed by atoms with Gasteiger partial charge in [0.15, 0.2) is 0 Å². The highest BCUT2D eigenvalue weighted by Gasteiger charge is 2.41. The Morgan fingerprint density at radius 2 is 1.62 bits per heavy atom. The second kappa shape index (κ2) is 8.90. The summed E-state index contributed by atoms with van der Waals surface area (Å²) in [5.41, 5.74) is 2.62. The van der Waals surface area contributed by atoms with Crippen molar-refractivity contribution < 1.29 is 19.5 Å². The third-order valence-electron chi connectivity index (χ3n) is 5.61. The van der Waals surface area contributed by atoms with E-state index in [-0.39, 0.29) is 5.91 Å². The zero-order valence-corrected chi connectivity index (χ0v) is 16.5. The van der Waals surface area contributed by atoms with Crippen molar-refractivity contribution in [3.8, 4) is 0 Å². The Bertz CT molecular complexity index is 899. The minimum absolute atomic E-state index is 0.0189. The molecule has 2 amide bonds. The average molecular weight is 394 g/mol. The fourth-order valence-corrected chi connectivity index (χ4v) is 4.10. The van der Waals surface area contributed by atoms with Gasteiger partial charge < -0.3 is 15.7 Å². The van der Waals surface area contributed by atoms with Gasteiger partial charge in [-0.1, -0.05) is 43.5 Å². The minimum atomic E-state index is -1.10. The quantitative estimate of drug-likeness (QED) is 0.697. The van der Waals surface area contributed by atoms with E-state index < -0.39 is 23.8 Å². The van der Waals surface area contributed by atoms with Crippen LogP contribution in [0.4, 0.5) is 5.69 Å². The van der Waals surface area contributed by atoms with E-state index in [2.05, 4.69) is 16.7 Å². The maximum atomic E-state index is 13.4. The van der Waals surface area contributed by atoms with Crippen LogP contribution in [0.2, 0.25) is 0 Å². The minimum Gasteiger partial charge on any atom is -0.480 e. The predicted molar refractivity (Wildman–Crippen MR) is 111 cm³/mol. The van der Waals surface area contributed by atoms with Gasteiger partial charge in [0.2, 0.25) is 5.91 Å². The molecule has 6 heteroatoms. The van der Waals surface area contributed by atoms with Crippen LogP contribution in [0.3, 0.4) is 0 Å². The Balaban J connectivity index is 1.77. The second-order valence-electron chi connectivity index (χ2n) is 7.57. The van der Waals surface area contributed by atoms with Crippen molar-refractivity contribution in [3.05, 3.63) is 65.2 Å². The van der Waals surface area contributed by atoms with Crippen LogP contribution in [0.5, 0.6) is 0 Å². The van der Waals surface area contributed by atoms with E-state index in [1.807, 2.05) is 25.1 Å². The maximum absolute atomic E-state index is 13.4. The second-order valence-corrected chi connectivity index (χ2v) is 7.57. The molecule has 0 radical (unpaired) electrons. The number of carbonyl (C=O) groups is 3. The number of nitrogens with one attached hydrogen (secondary N) is 2. The van der Waals surface area contributed by atoms with Crippen LogP contribution in [-0.4, -0.2) is 29.4 Å². The van der Waals surface area contributed by atoms with E-state index in [0.29, 0.717) is 11.3 Å². The summed E-state index contributed by atoms with van der Waals surface area (Å²) in [6, 6.07) is 14.6. The predicted octanol–water partition coefficient (Wildman–Crippen LogP) is 3.65. The molecular formula is C23H26N2O4. The summed E-state index contributed by atoms with van der Waals surface area (Å²) in [6.45, 7) is 1.61. The molecular weight excluding hydrogens is 368 g/mol. The first-order valence-electron chi connectivity index (χ1n) is 9.90. The van der Waals surface area contributed by atoms with Crippen molar-refractivity contribution in [3.63, 3.8) is 0 Å². The number of hydrogen-bond donors (Lipinski definition) is 3. The molecule has 0 unspecified atom stereocenters. The molecule has 2 aromatic rings. The summed E-state index contributed by atoms with van der Waals surface area (Å²) in [5.74, 6) is -1.58. The fourth-order valence-electron chi connectivity index (χ4n) is 4.10. The number of hydrogen-bond acceptors (Lipinski definition) is 3. The highest BCUT2D eigenvalue weighted by Crippen LogP contribution is 2.41. The normalized spacial score (nSPS) is 15.3. The third-order valence-corrected chi connectivity index (χ3v) is 5.61. The lowest BCUT2D eigenvalue weighted by atomic mass is 9.67. The zero-order chi connectivity index (χ0) is 20.9. The third kappa shape index (κ3) is 4.65. The van der Waals surface area contributed by atoms with Gasteiger partial charge in [-0.15, -0.1) is 0 Å². The molecule has 2 aromatic carbocycles. The topological polar surface area (TPSA) is 95.5 Å². The highest BCUT2D eigenvalue weighted by molar-refractivity contribution is 6.00. The average Bonchev–Trinajstić information content (AvgIpc) is 2.73. The van der Waals surface area contributed by atoms with E-state index in [0.717, 1.165) is 43.2 Å². The van der Waals surface area contributed by atoms with Gasteiger partial charge in [-0.3, -0.25) is 14.4 Å². The molecule has 6 nitrogen and oxygen atoms in total. The molecule has 0 heterocycles. The summed E-state index contributed by atoms with van der Waals surface area (Å²) >= 11 is 0. The molecule has 1 aliphatic rings. The number of carboxylic acid groups (broad SMARTS) is 1. The molecule has 29 heavy (non-hydrogen) atoms. The van der Waals surface area contributed by atoms with Gasteiger partial charge >= 0.3 is 5.97 Å². The van der Waals surface area contributed by atoms with Crippen LogP contribution in [0.1, 0.15) is 53.6 Å². The number of carboxylic acids is 1. The summed E-state index contributed by atoms with van der Waals surface area (Å²) in [7, 11) is 0. The number of amides is 2. The van der Waals surface area contributed by atoms with Crippen molar-refractivity contribution >= 4 is 23.5 Å². The first-order chi connectivity index (χ1) is 13.9.